The van der Waals surface area contributed by atoms with Gasteiger partial charge in [-0.1, -0.05) is 54.6 Å². The van der Waals surface area contributed by atoms with Crippen LogP contribution in [-0.2, 0) is 6.42 Å². The number of hydrogen-bond acceptors (Lipinski definition) is 1. The van der Waals surface area contributed by atoms with Gasteiger partial charge < -0.3 is 4.98 Å². The van der Waals surface area contributed by atoms with Crippen molar-refractivity contribution in [2.75, 3.05) is 19.6 Å². The lowest BCUT2D eigenvalue weighted by atomic mass is 9.99. The number of hydrogen-bond donors (Lipinski definition) is 1. The number of fused-ring (bicyclic) bond motifs is 1. The number of benzene rings is 2. The van der Waals surface area contributed by atoms with Gasteiger partial charge >= 0.3 is 0 Å². The number of para-hydroxylation sites is 1. The van der Waals surface area contributed by atoms with Crippen molar-refractivity contribution in [2.45, 2.75) is 19.3 Å². The number of aromatic nitrogens is 1. The molecule has 3 aromatic rings. The second kappa shape index (κ2) is 7.06. The van der Waals surface area contributed by atoms with Crippen LogP contribution in [0.1, 0.15) is 24.0 Å². The van der Waals surface area contributed by atoms with E-state index in [1.165, 1.54) is 47.1 Å². The number of aromatic amines is 1. The maximum Gasteiger partial charge on any atom is 0.0456 e. The summed E-state index contributed by atoms with van der Waals surface area (Å²) in [6.07, 6.45) is 8.11. The minimum Gasteiger partial charge on any atom is -0.361 e. The summed E-state index contributed by atoms with van der Waals surface area (Å²) in [6, 6.07) is 19.4. The third-order valence-corrected chi connectivity index (χ3v) is 5.03. The average molecular weight is 316 g/mol. The highest BCUT2D eigenvalue weighted by molar-refractivity contribution is 5.83. The molecule has 2 nitrogen and oxygen atoms in total. The zero-order valence-corrected chi connectivity index (χ0v) is 14.0. The molecule has 0 fully saturated rings. The Bertz CT molecular complexity index is 829. The van der Waals surface area contributed by atoms with Crippen molar-refractivity contribution < 1.29 is 0 Å². The number of nitrogens with one attached hydrogen (secondary N) is 1. The van der Waals surface area contributed by atoms with E-state index in [0.29, 0.717) is 0 Å². The molecule has 0 amide bonds. The van der Waals surface area contributed by atoms with E-state index in [4.69, 9.17) is 0 Å². The topological polar surface area (TPSA) is 19.0 Å². The van der Waals surface area contributed by atoms with Crippen LogP contribution in [0.3, 0.4) is 0 Å². The Balaban J connectivity index is 1.31. The van der Waals surface area contributed by atoms with Crippen LogP contribution in [0.15, 0.2) is 66.9 Å². The molecule has 0 saturated carbocycles. The fraction of sp³-hybridized carbons (Fsp3) is 0.273. The minimum absolute atomic E-state index is 1.08. The number of aryl methyl sites for hydroxylation is 1. The number of rotatable bonds is 5. The van der Waals surface area contributed by atoms with Crippen LogP contribution in [-0.4, -0.2) is 29.5 Å². The lowest BCUT2D eigenvalue weighted by Crippen LogP contribution is -2.29. The molecule has 0 bridgehead atoms. The Morgan fingerprint density at radius 2 is 1.79 bits per heavy atom. The van der Waals surface area contributed by atoms with E-state index in [-0.39, 0.29) is 0 Å². The molecule has 4 rings (SSSR count). The van der Waals surface area contributed by atoms with Crippen molar-refractivity contribution in [1.29, 1.82) is 0 Å². The highest BCUT2D eigenvalue weighted by atomic mass is 15.1. The first-order valence-electron chi connectivity index (χ1n) is 8.92. The van der Waals surface area contributed by atoms with Gasteiger partial charge in [0.2, 0.25) is 0 Å². The second-order valence-corrected chi connectivity index (χ2v) is 6.61. The predicted octanol–water partition coefficient (Wildman–Crippen LogP) is 4.89. The van der Waals surface area contributed by atoms with Crippen LogP contribution in [0.4, 0.5) is 0 Å². The van der Waals surface area contributed by atoms with E-state index >= 15 is 0 Å². The molecule has 0 radical (unpaired) electrons. The molecule has 24 heavy (non-hydrogen) atoms. The van der Waals surface area contributed by atoms with Gasteiger partial charge in [-0.2, -0.15) is 0 Å². The van der Waals surface area contributed by atoms with Gasteiger partial charge in [-0.3, -0.25) is 4.90 Å². The van der Waals surface area contributed by atoms with E-state index < -0.39 is 0 Å². The van der Waals surface area contributed by atoms with Gasteiger partial charge in [-0.25, -0.2) is 0 Å². The van der Waals surface area contributed by atoms with Crippen LogP contribution in [0.25, 0.3) is 16.5 Å². The summed E-state index contributed by atoms with van der Waals surface area (Å²) in [4.78, 5) is 5.95. The van der Waals surface area contributed by atoms with E-state index in [0.717, 1.165) is 19.4 Å². The summed E-state index contributed by atoms with van der Waals surface area (Å²) in [5.41, 5.74) is 5.59. The van der Waals surface area contributed by atoms with Crippen molar-refractivity contribution in [2.24, 2.45) is 0 Å². The summed E-state index contributed by atoms with van der Waals surface area (Å²) >= 11 is 0. The standard InChI is InChI=1S/C22H24N2/c1-2-7-18(8-3-1)19-12-15-24(16-13-19)14-6-9-20-17-23-22-11-5-4-10-21(20)22/h1-5,7-8,10-12,17,23H,6,9,13-16H2. The second-order valence-electron chi connectivity index (χ2n) is 6.61. The molecule has 2 heterocycles. The molecular weight excluding hydrogens is 292 g/mol. The fourth-order valence-electron chi connectivity index (χ4n) is 3.66. The largest absolute Gasteiger partial charge is 0.361 e. The molecule has 0 saturated heterocycles. The van der Waals surface area contributed by atoms with Gasteiger partial charge in [0.25, 0.3) is 0 Å². The molecule has 0 unspecified atom stereocenters. The van der Waals surface area contributed by atoms with Gasteiger partial charge in [-0.05, 0) is 48.6 Å². The van der Waals surface area contributed by atoms with Gasteiger partial charge in [-0.15, -0.1) is 0 Å². The van der Waals surface area contributed by atoms with Crippen LogP contribution >= 0.6 is 0 Å². The number of nitrogens with zero attached hydrogens (tertiary/aromatic N) is 1. The molecular formula is C22H24N2. The maximum absolute atomic E-state index is 3.38. The van der Waals surface area contributed by atoms with E-state index in [1.807, 2.05) is 0 Å². The molecule has 1 aliphatic rings. The highest BCUT2D eigenvalue weighted by Crippen LogP contribution is 2.23. The van der Waals surface area contributed by atoms with Crippen LogP contribution < -0.4 is 0 Å². The molecule has 122 valence electrons. The molecule has 0 aliphatic carbocycles. The average Bonchev–Trinajstić information content (AvgIpc) is 3.06. The maximum atomic E-state index is 3.38. The molecule has 2 aromatic carbocycles. The van der Waals surface area contributed by atoms with Crippen molar-refractivity contribution in [3.05, 3.63) is 78.0 Å². The van der Waals surface area contributed by atoms with Crippen LogP contribution in [0, 0.1) is 0 Å². The Hall–Kier alpha value is -2.32. The van der Waals surface area contributed by atoms with Crippen molar-refractivity contribution in [3.63, 3.8) is 0 Å². The van der Waals surface area contributed by atoms with Crippen LogP contribution in [0.2, 0.25) is 0 Å². The highest BCUT2D eigenvalue weighted by Gasteiger charge is 2.12. The molecule has 1 N–H and O–H groups in total. The zero-order chi connectivity index (χ0) is 16.2. The monoisotopic (exact) mass is 316 g/mol. The van der Waals surface area contributed by atoms with Crippen molar-refractivity contribution >= 4 is 16.5 Å². The van der Waals surface area contributed by atoms with Crippen molar-refractivity contribution in [3.8, 4) is 0 Å². The quantitative estimate of drug-likeness (QED) is 0.710. The predicted molar refractivity (Wildman–Crippen MR) is 102 cm³/mol. The van der Waals surface area contributed by atoms with Crippen molar-refractivity contribution in [1.82, 2.24) is 9.88 Å². The van der Waals surface area contributed by atoms with Gasteiger partial charge in [0, 0.05) is 30.2 Å². The molecule has 0 spiro atoms. The first kappa shape index (κ1) is 15.2. The summed E-state index contributed by atoms with van der Waals surface area (Å²) < 4.78 is 0. The lowest BCUT2D eigenvalue weighted by molar-refractivity contribution is 0.298. The summed E-state index contributed by atoms with van der Waals surface area (Å²) in [6.45, 7) is 3.44. The first-order chi connectivity index (χ1) is 11.9. The Kier molecular flexibility index (Phi) is 4.48. The minimum atomic E-state index is 1.08. The normalized spacial score (nSPS) is 15.6. The smallest absolute Gasteiger partial charge is 0.0456 e. The summed E-state index contributed by atoms with van der Waals surface area (Å²) in [7, 11) is 0. The van der Waals surface area contributed by atoms with Crippen LogP contribution in [0.5, 0.6) is 0 Å². The summed E-state index contributed by atoms with van der Waals surface area (Å²) in [5, 5.41) is 1.38. The molecule has 1 aromatic heterocycles. The van der Waals surface area contributed by atoms with Gasteiger partial charge in [0.15, 0.2) is 0 Å². The number of H-pyrrole nitrogens is 1. The Labute approximate surface area is 143 Å². The van der Waals surface area contributed by atoms with Gasteiger partial charge in [0.1, 0.15) is 0 Å². The Morgan fingerprint density at radius 3 is 2.62 bits per heavy atom. The van der Waals surface area contributed by atoms with E-state index in [2.05, 4.69) is 76.8 Å². The molecule has 0 atom stereocenters. The third kappa shape index (κ3) is 3.29. The van der Waals surface area contributed by atoms with E-state index in [1.54, 1.807) is 0 Å². The van der Waals surface area contributed by atoms with Gasteiger partial charge in [0.05, 0.1) is 0 Å². The first-order valence-corrected chi connectivity index (χ1v) is 8.92. The zero-order valence-electron chi connectivity index (χ0n) is 14.0. The summed E-state index contributed by atoms with van der Waals surface area (Å²) in [5.74, 6) is 0. The Morgan fingerprint density at radius 1 is 0.958 bits per heavy atom. The molecule has 1 aliphatic heterocycles. The van der Waals surface area contributed by atoms with E-state index in [9.17, 15) is 0 Å². The fourth-order valence-corrected chi connectivity index (χ4v) is 3.66. The lowest BCUT2D eigenvalue weighted by Gasteiger charge is -2.26. The SMILES string of the molecule is C1=C(c2ccccc2)CCN(CCCc2c[nH]c3ccccc23)C1. The molecule has 2 heteroatoms. The third-order valence-electron chi connectivity index (χ3n) is 5.03.